The topological polar surface area (TPSA) is 78.2 Å². The highest BCUT2D eigenvalue weighted by Crippen LogP contribution is 2.31. The lowest BCUT2D eigenvalue weighted by Crippen LogP contribution is -2.25. The number of nitro groups is 1. The van der Waals surface area contributed by atoms with E-state index in [1.807, 2.05) is 26.0 Å². The number of aromatic nitrogens is 2. The summed E-state index contributed by atoms with van der Waals surface area (Å²) in [7, 11) is 0. The van der Waals surface area contributed by atoms with Crippen LogP contribution in [0.25, 0.3) is 0 Å². The van der Waals surface area contributed by atoms with Crippen LogP contribution in [0.15, 0.2) is 42.9 Å². The molecule has 0 aliphatic carbocycles. The molecule has 0 saturated heterocycles. The van der Waals surface area contributed by atoms with Crippen LogP contribution in [0.5, 0.6) is 5.75 Å². The van der Waals surface area contributed by atoms with Crippen molar-refractivity contribution < 1.29 is 9.66 Å². The number of ether oxygens (including phenoxy) is 1. The van der Waals surface area contributed by atoms with Gasteiger partial charge in [0.2, 0.25) is 5.75 Å². The first-order valence-corrected chi connectivity index (χ1v) is 5.69. The van der Waals surface area contributed by atoms with E-state index in [1.165, 1.54) is 12.3 Å². The normalized spacial score (nSPS) is 11.1. The third-order valence-electron chi connectivity index (χ3n) is 2.66. The zero-order valence-corrected chi connectivity index (χ0v) is 10.6. The highest BCUT2D eigenvalue weighted by Gasteiger charge is 2.27. The highest BCUT2D eigenvalue weighted by atomic mass is 16.6. The molecule has 2 heterocycles. The van der Waals surface area contributed by atoms with E-state index in [0.717, 1.165) is 5.56 Å². The Morgan fingerprint density at radius 1 is 1.21 bits per heavy atom. The van der Waals surface area contributed by atoms with E-state index >= 15 is 0 Å². The second-order valence-corrected chi connectivity index (χ2v) is 4.43. The average molecular weight is 259 g/mol. The molecular weight excluding hydrogens is 246 g/mol. The highest BCUT2D eigenvalue weighted by molar-refractivity contribution is 5.39. The van der Waals surface area contributed by atoms with Gasteiger partial charge in [-0.1, -0.05) is 0 Å². The van der Waals surface area contributed by atoms with Gasteiger partial charge in [0.1, 0.15) is 11.8 Å². The molecule has 0 unspecified atom stereocenters. The maximum absolute atomic E-state index is 10.9. The van der Waals surface area contributed by atoms with E-state index in [4.69, 9.17) is 4.74 Å². The zero-order chi connectivity index (χ0) is 13.9. The van der Waals surface area contributed by atoms with E-state index in [2.05, 4.69) is 9.97 Å². The lowest BCUT2D eigenvalue weighted by atomic mass is 9.99. The third kappa shape index (κ3) is 2.85. The Labute approximate surface area is 110 Å². The molecule has 2 rings (SSSR count). The fraction of sp³-hybridized carbons (Fsp3) is 0.231. The van der Waals surface area contributed by atoms with Crippen LogP contribution in [0.3, 0.4) is 0 Å². The fourth-order valence-electron chi connectivity index (χ4n) is 1.69. The second-order valence-electron chi connectivity index (χ2n) is 4.43. The molecule has 6 heteroatoms. The van der Waals surface area contributed by atoms with Gasteiger partial charge in [0, 0.05) is 12.4 Å². The van der Waals surface area contributed by atoms with Gasteiger partial charge < -0.3 is 14.9 Å². The van der Waals surface area contributed by atoms with E-state index < -0.39 is 10.5 Å². The van der Waals surface area contributed by atoms with Crippen LogP contribution in [0.2, 0.25) is 0 Å². The van der Waals surface area contributed by atoms with Gasteiger partial charge in [-0.2, -0.15) is 0 Å². The van der Waals surface area contributed by atoms with Crippen LogP contribution >= 0.6 is 0 Å². The summed E-state index contributed by atoms with van der Waals surface area (Å²) in [6.07, 6.45) is 4.67. The molecule has 0 amide bonds. The van der Waals surface area contributed by atoms with Crippen molar-refractivity contribution in [2.45, 2.75) is 19.4 Å². The lowest BCUT2D eigenvalue weighted by Gasteiger charge is -2.26. The Balaban J connectivity index is 2.33. The fourth-order valence-corrected chi connectivity index (χ4v) is 1.69. The molecule has 0 spiro atoms. The molecular formula is C13H13N3O3. The summed E-state index contributed by atoms with van der Waals surface area (Å²) in [5.74, 6) is -0.140. The van der Waals surface area contributed by atoms with Crippen LogP contribution in [-0.4, -0.2) is 14.9 Å². The molecule has 0 fully saturated rings. The molecule has 6 nitrogen and oxygen atoms in total. The first kappa shape index (κ1) is 12.9. The molecule has 0 saturated carbocycles. The summed E-state index contributed by atoms with van der Waals surface area (Å²) in [6.45, 7) is 3.66. The van der Waals surface area contributed by atoms with Crippen molar-refractivity contribution >= 4 is 5.82 Å². The predicted molar refractivity (Wildman–Crippen MR) is 68.8 cm³/mol. The van der Waals surface area contributed by atoms with Crippen molar-refractivity contribution in [3.05, 3.63) is 58.5 Å². The van der Waals surface area contributed by atoms with Gasteiger partial charge in [0.05, 0.1) is 0 Å². The quantitative estimate of drug-likeness (QED) is 0.623. The first-order valence-electron chi connectivity index (χ1n) is 5.69. The molecule has 2 aromatic heterocycles. The minimum Gasteiger partial charge on any atom is -0.475 e. The Morgan fingerprint density at radius 3 is 2.53 bits per heavy atom. The Morgan fingerprint density at radius 2 is 1.89 bits per heavy atom. The number of rotatable bonds is 4. The van der Waals surface area contributed by atoms with Gasteiger partial charge in [-0.25, -0.2) is 0 Å². The Kier molecular flexibility index (Phi) is 3.41. The van der Waals surface area contributed by atoms with Crippen molar-refractivity contribution in [1.82, 2.24) is 9.97 Å². The van der Waals surface area contributed by atoms with Crippen LogP contribution < -0.4 is 4.74 Å². The largest absolute Gasteiger partial charge is 0.475 e. The van der Waals surface area contributed by atoms with Crippen LogP contribution in [0.1, 0.15) is 19.4 Å². The zero-order valence-electron chi connectivity index (χ0n) is 10.6. The van der Waals surface area contributed by atoms with Crippen molar-refractivity contribution in [2.75, 3.05) is 0 Å². The standard InChI is InChI=1S/C13H13N3O3/c1-13(2,10-5-8-14-9-6-10)19-11-4-3-7-15-12(11)16(17)18/h3-9H,1-2H3. The van der Waals surface area contributed by atoms with E-state index in [0.29, 0.717) is 0 Å². The van der Waals surface area contributed by atoms with Crippen molar-refractivity contribution in [3.63, 3.8) is 0 Å². The Bertz CT molecular complexity index is 585. The maximum Gasteiger partial charge on any atom is 0.406 e. The number of pyridine rings is 2. The summed E-state index contributed by atoms with van der Waals surface area (Å²) >= 11 is 0. The summed E-state index contributed by atoms with van der Waals surface area (Å²) in [5, 5.41) is 10.9. The predicted octanol–water partition coefficient (Wildman–Crippen LogP) is 2.70. The SMILES string of the molecule is CC(C)(Oc1cccnc1[N+](=O)[O-])c1ccncc1. The number of nitrogens with zero attached hydrogens (tertiary/aromatic N) is 3. The maximum atomic E-state index is 10.9. The molecule has 19 heavy (non-hydrogen) atoms. The third-order valence-corrected chi connectivity index (χ3v) is 2.66. The molecule has 0 aromatic carbocycles. The van der Waals surface area contributed by atoms with Crippen LogP contribution in [0.4, 0.5) is 5.82 Å². The summed E-state index contributed by atoms with van der Waals surface area (Å²) in [4.78, 5) is 18.0. The average Bonchev–Trinajstić information content (AvgIpc) is 2.39. The second kappa shape index (κ2) is 5.01. The summed E-state index contributed by atoms with van der Waals surface area (Å²) in [5.41, 5.74) is 0.164. The van der Waals surface area contributed by atoms with Crippen LogP contribution in [-0.2, 0) is 5.60 Å². The molecule has 0 aliphatic rings. The molecule has 0 N–H and O–H groups in total. The smallest absolute Gasteiger partial charge is 0.406 e. The van der Waals surface area contributed by atoms with E-state index in [9.17, 15) is 10.1 Å². The molecule has 0 atom stereocenters. The number of hydrogen-bond acceptors (Lipinski definition) is 5. The van der Waals surface area contributed by atoms with Gasteiger partial charge in [0.15, 0.2) is 0 Å². The van der Waals surface area contributed by atoms with E-state index in [-0.39, 0.29) is 11.6 Å². The van der Waals surface area contributed by atoms with Crippen molar-refractivity contribution in [3.8, 4) is 5.75 Å². The first-order chi connectivity index (χ1) is 9.00. The minimum absolute atomic E-state index is 0.148. The van der Waals surface area contributed by atoms with Gasteiger partial charge in [-0.15, -0.1) is 0 Å². The van der Waals surface area contributed by atoms with Gasteiger partial charge in [0.25, 0.3) is 0 Å². The van der Waals surface area contributed by atoms with Crippen LogP contribution in [0, 0.1) is 10.1 Å². The van der Waals surface area contributed by atoms with Crippen molar-refractivity contribution in [1.29, 1.82) is 0 Å². The molecule has 0 radical (unpaired) electrons. The summed E-state index contributed by atoms with van der Waals surface area (Å²) in [6, 6.07) is 6.75. The molecule has 98 valence electrons. The monoisotopic (exact) mass is 259 g/mol. The van der Waals surface area contributed by atoms with Gasteiger partial charge in [-0.05, 0) is 53.6 Å². The van der Waals surface area contributed by atoms with Gasteiger partial charge in [-0.3, -0.25) is 4.98 Å². The lowest BCUT2D eigenvalue weighted by molar-refractivity contribution is -0.391. The van der Waals surface area contributed by atoms with Crippen molar-refractivity contribution in [2.24, 2.45) is 0 Å². The molecule has 2 aromatic rings. The molecule has 0 bridgehead atoms. The Hall–Kier alpha value is -2.50. The minimum atomic E-state index is -0.712. The molecule has 0 aliphatic heterocycles. The van der Waals surface area contributed by atoms with Gasteiger partial charge >= 0.3 is 5.82 Å². The summed E-state index contributed by atoms with van der Waals surface area (Å²) < 4.78 is 5.75. The van der Waals surface area contributed by atoms with E-state index in [1.54, 1.807) is 18.5 Å². The number of hydrogen-bond donors (Lipinski definition) is 0.